The molecule has 0 saturated carbocycles. The van der Waals surface area contributed by atoms with Crippen molar-refractivity contribution in [2.45, 2.75) is 13.8 Å². The van der Waals surface area contributed by atoms with Crippen LogP contribution in [0.4, 0.5) is 23.0 Å². The molecule has 2 aromatic carbocycles. The van der Waals surface area contributed by atoms with Crippen molar-refractivity contribution in [3.63, 3.8) is 0 Å². The van der Waals surface area contributed by atoms with Gasteiger partial charge in [-0.25, -0.2) is 9.97 Å². The number of hydrogen-bond acceptors (Lipinski definition) is 5. The Balaban J connectivity index is 2.01. The van der Waals surface area contributed by atoms with Crippen LogP contribution in [0.5, 0.6) is 0 Å². The van der Waals surface area contributed by atoms with E-state index in [1.54, 1.807) is 6.33 Å². The van der Waals surface area contributed by atoms with Crippen LogP contribution in [0.25, 0.3) is 10.8 Å². The second kappa shape index (κ2) is 6.52. The van der Waals surface area contributed by atoms with E-state index in [9.17, 15) is 0 Å². The van der Waals surface area contributed by atoms with Gasteiger partial charge >= 0.3 is 0 Å². The maximum Gasteiger partial charge on any atom is 0.159 e. The molecule has 0 amide bonds. The van der Waals surface area contributed by atoms with Crippen LogP contribution in [0.15, 0.2) is 48.8 Å². The van der Waals surface area contributed by atoms with E-state index in [-0.39, 0.29) is 0 Å². The van der Waals surface area contributed by atoms with Gasteiger partial charge in [0, 0.05) is 24.2 Å². The van der Waals surface area contributed by atoms with E-state index in [1.807, 2.05) is 24.3 Å². The first kappa shape index (κ1) is 15.1. The van der Waals surface area contributed by atoms with Crippen molar-refractivity contribution in [2.75, 3.05) is 29.0 Å². The Bertz CT molecular complexity index is 806. The van der Waals surface area contributed by atoms with Crippen molar-refractivity contribution in [1.29, 1.82) is 0 Å². The number of nitrogen functional groups attached to an aromatic ring is 1. The van der Waals surface area contributed by atoms with Crippen LogP contribution in [0.1, 0.15) is 13.8 Å². The zero-order valence-corrected chi connectivity index (χ0v) is 13.5. The average Bonchev–Trinajstić information content (AvgIpc) is 2.59. The number of nitrogens with zero attached hydrogens (tertiary/aromatic N) is 3. The van der Waals surface area contributed by atoms with Gasteiger partial charge in [0.15, 0.2) is 11.6 Å². The Morgan fingerprint density at radius 2 is 1.74 bits per heavy atom. The summed E-state index contributed by atoms with van der Waals surface area (Å²) in [6.45, 7) is 5.88. The van der Waals surface area contributed by atoms with Gasteiger partial charge in [-0.05, 0) is 25.3 Å². The molecule has 0 atom stereocenters. The summed E-state index contributed by atoms with van der Waals surface area (Å²) < 4.78 is 0. The number of hydrogen-bond donors (Lipinski definition) is 2. The second-order valence-corrected chi connectivity index (χ2v) is 5.28. The van der Waals surface area contributed by atoms with E-state index in [4.69, 9.17) is 5.73 Å². The normalized spacial score (nSPS) is 10.7. The van der Waals surface area contributed by atoms with Crippen molar-refractivity contribution < 1.29 is 0 Å². The molecular weight excluding hydrogens is 286 g/mol. The van der Waals surface area contributed by atoms with E-state index in [0.717, 1.165) is 30.0 Å². The fourth-order valence-corrected chi connectivity index (χ4v) is 2.72. The minimum atomic E-state index is 0.573. The van der Waals surface area contributed by atoms with Crippen molar-refractivity contribution in [3.8, 4) is 0 Å². The van der Waals surface area contributed by atoms with Gasteiger partial charge in [-0.15, -0.1) is 0 Å². The third kappa shape index (κ3) is 2.90. The lowest BCUT2D eigenvalue weighted by atomic mass is 10.1. The number of nitrogens with two attached hydrogens (primary N) is 1. The Morgan fingerprint density at radius 3 is 2.52 bits per heavy atom. The molecule has 0 unspecified atom stereocenters. The van der Waals surface area contributed by atoms with Crippen molar-refractivity contribution in [1.82, 2.24) is 9.97 Å². The number of anilines is 4. The average molecular weight is 307 g/mol. The smallest absolute Gasteiger partial charge is 0.159 e. The molecule has 3 aromatic rings. The maximum absolute atomic E-state index is 6.30. The van der Waals surface area contributed by atoms with E-state index in [2.05, 4.69) is 52.2 Å². The highest BCUT2D eigenvalue weighted by atomic mass is 15.2. The summed E-state index contributed by atoms with van der Waals surface area (Å²) in [6, 6.07) is 14.4. The molecule has 118 valence electrons. The predicted octanol–water partition coefficient (Wildman–Crippen LogP) is 3.80. The van der Waals surface area contributed by atoms with Crippen molar-refractivity contribution in [3.05, 3.63) is 48.8 Å². The monoisotopic (exact) mass is 307 g/mol. The van der Waals surface area contributed by atoms with E-state index >= 15 is 0 Å². The molecule has 0 bridgehead atoms. The van der Waals surface area contributed by atoms with Gasteiger partial charge in [-0.1, -0.05) is 36.4 Å². The minimum Gasteiger partial charge on any atom is -0.393 e. The van der Waals surface area contributed by atoms with E-state index in [1.165, 1.54) is 5.39 Å². The SMILES string of the molecule is CCN(CC)c1ncnc(Nc2cccc3ccccc23)c1N. The lowest BCUT2D eigenvalue weighted by molar-refractivity contribution is 0.844. The van der Waals surface area contributed by atoms with Crippen LogP contribution < -0.4 is 16.0 Å². The highest BCUT2D eigenvalue weighted by Crippen LogP contribution is 2.31. The van der Waals surface area contributed by atoms with Crippen LogP contribution in [-0.4, -0.2) is 23.1 Å². The Morgan fingerprint density at radius 1 is 1.00 bits per heavy atom. The Labute approximate surface area is 136 Å². The van der Waals surface area contributed by atoms with Gasteiger partial charge in [0.2, 0.25) is 0 Å². The molecule has 0 radical (unpaired) electrons. The lowest BCUT2D eigenvalue weighted by Gasteiger charge is -2.22. The fraction of sp³-hybridized carbons (Fsp3) is 0.222. The molecule has 0 aliphatic rings. The number of nitrogens with one attached hydrogen (secondary N) is 1. The summed E-state index contributed by atoms with van der Waals surface area (Å²) in [5.74, 6) is 1.41. The summed E-state index contributed by atoms with van der Waals surface area (Å²) in [5, 5.41) is 5.67. The number of fused-ring (bicyclic) bond motifs is 1. The molecule has 1 heterocycles. The van der Waals surface area contributed by atoms with Crippen molar-refractivity contribution >= 4 is 33.8 Å². The van der Waals surface area contributed by atoms with Crippen LogP contribution in [0.2, 0.25) is 0 Å². The number of benzene rings is 2. The van der Waals surface area contributed by atoms with Gasteiger partial charge in [-0.2, -0.15) is 0 Å². The van der Waals surface area contributed by atoms with Crippen LogP contribution in [0.3, 0.4) is 0 Å². The summed E-state index contributed by atoms with van der Waals surface area (Å²) in [6.07, 6.45) is 1.55. The minimum absolute atomic E-state index is 0.573. The molecule has 0 saturated heterocycles. The third-order valence-corrected chi connectivity index (χ3v) is 3.97. The topological polar surface area (TPSA) is 67.1 Å². The Hall–Kier alpha value is -2.82. The van der Waals surface area contributed by atoms with Gasteiger partial charge < -0.3 is 16.0 Å². The molecule has 0 fully saturated rings. The van der Waals surface area contributed by atoms with Gasteiger partial charge in [0.1, 0.15) is 12.0 Å². The molecule has 0 aliphatic heterocycles. The first-order valence-corrected chi connectivity index (χ1v) is 7.84. The van der Waals surface area contributed by atoms with Crippen LogP contribution in [-0.2, 0) is 0 Å². The van der Waals surface area contributed by atoms with Gasteiger partial charge in [0.05, 0.1) is 0 Å². The Kier molecular flexibility index (Phi) is 4.28. The van der Waals surface area contributed by atoms with Gasteiger partial charge in [0.25, 0.3) is 0 Å². The highest BCUT2D eigenvalue weighted by Gasteiger charge is 2.13. The largest absolute Gasteiger partial charge is 0.393 e. The fourth-order valence-electron chi connectivity index (χ4n) is 2.72. The maximum atomic E-state index is 6.30. The zero-order chi connectivity index (χ0) is 16.2. The molecule has 0 aliphatic carbocycles. The third-order valence-electron chi connectivity index (χ3n) is 3.97. The van der Waals surface area contributed by atoms with Crippen LogP contribution in [0, 0.1) is 0 Å². The molecule has 23 heavy (non-hydrogen) atoms. The standard InChI is InChI=1S/C18H21N5/c1-3-23(4-2)18-16(19)17(20-12-21-18)22-15-11-7-9-13-8-5-6-10-14(13)15/h5-12H,3-4,19H2,1-2H3,(H,20,21,22). The van der Waals surface area contributed by atoms with Gasteiger partial charge in [-0.3, -0.25) is 0 Å². The molecule has 1 aromatic heterocycles. The molecule has 3 N–H and O–H groups in total. The summed E-state index contributed by atoms with van der Waals surface area (Å²) in [7, 11) is 0. The summed E-state index contributed by atoms with van der Waals surface area (Å²) in [4.78, 5) is 10.8. The molecule has 3 rings (SSSR count). The first-order valence-electron chi connectivity index (χ1n) is 7.84. The van der Waals surface area contributed by atoms with E-state index in [0.29, 0.717) is 11.5 Å². The lowest BCUT2D eigenvalue weighted by Crippen LogP contribution is -2.24. The summed E-state index contributed by atoms with van der Waals surface area (Å²) >= 11 is 0. The highest BCUT2D eigenvalue weighted by molar-refractivity contribution is 5.96. The number of rotatable bonds is 5. The molecule has 0 spiro atoms. The summed E-state index contributed by atoms with van der Waals surface area (Å²) in [5.41, 5.74) is 7.86. The quantitative estimate of drug-likeness (QED) is 0.750. The van der Waals surface area contributed by atoms with E-state index < -0.39 is 0 Å². The first-order chi connectivity index (χ1) is 11.2. The second-order valence-electron chi connectivity index (χ2n) is 5.28. The zero-order valence-electron chi connectivity index (χ0n) is 13.5. The van der Waals surface area contributed by atoms with Crippen molar-refractivity contribution in [2.24, 2.45) is 0 Å². The number of aromatic nitrogens is 2. The molecule has 5 nitrogen and oxygen atoms in total. The molecular formula is C18H21N5. The van der Waals surface area contributed by atoms with Crippen LogP contribution >= 0.6 is 0 Å². The molecule has 5 heteroatoms. The predicted molar refractivity (Wildman–Crippen MR) is 97.2 cm³/mol.